The van der Waals surface area contributed by atoms with Crippen LogP contribution in [0.2, 0.25) is 0 Å². The average molecular weight is 455 g/mol. The standard InChI is InChI=1S/C22H21N3O6S/c1-25-19(23-15-10-17(30-3)16(29-2)9-14(15)21(25)27)11-31-13-6-4-12(5-7-13)8-18-20(26)24-22(28)32-18/h4-7,9-10,18H,8,11H2,1-3H3,(H,24,26,28). The number of methoxy groups -OCH3 is 2. The van der Waals surface area contributed by atoms with E-state index in [9.17, 15) is 14.4 Å². The minimum absolute atomic E-state index is 0.0881. The first-order chi connectivity index (χ1) is 15.4. The molecule has 32 heavy (non-hydrogen) atoms. The molecule has 0 spiro atoms. The number of aromatic nitrogens is 2. The number of imide groups is 1. The van der Waals surface area contributed by atoms with Crippen molar-refractivity contribution in [3.63, 3.8) is 0 Å². The van der Waals surface area contributed by atoms with Crippen LogP contribution < -0.4 is 25.1 Å². The molecule has 0 saturated carbocycles. The number of fused-ring (bicyclic) bond motifs is 1. The smallest absolute Gasteiger partial charge is 0.286 e. The molecule has 0 radical (unpaired) electrons. The number of benzene rings is 2. The van der Waals surface area contributed by atoms with E-state index in [0.717, 1.165) is 17.3 Å². The Labute approximate surface area is 187 Å². The molecule has 1 aromatic heterocycles. The highest BCUT2D eigenvalue weighted by Gasteiger charge is 2.31. The van der Waals surface area contributed by atoms with Gasteiger partial charge in [0.2, 0.25) is 5.91 Å². The zero-order valence-corrected chi connectivity index (χ0v) is 18.5. The first kappa shape index (κ1) is 21.7. The molecule has 0 bridgehead atoms. The van der Waals surface area contributed by atoms with Gasteiger partial charge in [-0.25, -0.2) is 4.98 Å². The Morgan fingerprint density at radius 2 is 1.75 bits per heavy atom. The Hall–Kier alpha value is -3.53. The predicted molar refractivity (Wildman–Crippen MR) is 119 cm³/mol. The Bertz CT molecular complexity index is 1260. The number of thioether (sulfide) groups is 1. The van der Waals surface area contributed by atoms with Crippen molar-refractivity contribution in [1.29, 1.82) is 0 Å². The average Bonchev–Trinajstić information content (AvgIpc) is 3.11. The molecule has 166 valence electrons. The van der Waals surface area contributed by atoms with E-state index < -0.39 is 5.25 Å². The molecule has 1 atom stereocenters. The molecular weight excluding hydrogens is 434 g/mol. The number of ether oxygens (including phenoxy) is 3. The minimum Gasteiger partial charge on any atom is -0.493 e. The first-order valence-corrected chi connectivity index (χ1v) is 10.6. The molecule has 1 unspecified atom stereocenters. The topological polar surface area (TPSA) is 109 Å². The molecule has 10 heteroatoms. The van der Waals surface area contributed by atoms with Crippen LogP contribution in [0.3, 0.4) is 0 Å². The van der Waals surface area contributed by atoms with Crippen LogP contribution in [-0.4, -0.2) is 40.2 Å². The molecule has 1 aliphatic heterocycles. The number of rotatable bonds is 7. The molecule has 0 aliphatic carbocycles. The van der Waals surface area contributed by atoms with Crippen molar-refractivity contribution in [2.75, 3.05) is 14.2 Å². The minimum atomic E-state index is -0.416. The second-order valence-electron chi connectivity index (χ2n) is 7.14. The number of nitrogens with zero attached hydrogens (tertiary/aromatic N) is 2. The van der Waals surface area contributed by atoms with Crippen LogP contribution in [0.5, 0.6) is 17.2 Å². The molecule has 9 nitrogen and oxygen atoms in total. The Morgan fingerprint density at radius 1 is 1.06 bits per heavy atom. The summed E-state index contributed by atoms with van der Waals surface area (Å²) >= 11 is 1.00. The van der Waals surface area contributed by atoms with E-state index in [0.29, 0.717) is 40.4 Å². The van der Waals surface area contributed by atoms with Crippen molar-refractivity contribution in [3.8, 4) is 17.2 Å². The lowest BCUT2D eigenvalue weighted by Crippen LogP contribution is -2.25. The van der Waals surface area contributed by atoms with E-state index in [1.165, 1.54) is 18.8 Å². The number of carbonyl (C=O) groups excluding carboxylic acids is 2. The van der Waals surface area contributed by atoms with E-state index >= 15 is 0 Å². The maximum atomic E-state index is 12.8. The van der Waals surface area contributed by atoms with E-state index in [4.69, 9.17) is 14.2 Å². The van der Waals surface area contributed by atoms with Gasteiger partial charge in [-0.3, -0.25) is 24.3 Å². The molecule has 1 saturated heterocycles. The highest BCUT2D eigenvalue weighted by atomic mass is 32.2. The molecule has 1 N–H and O–H groups in total. The Morgan fingerprint density at radius 3 is 2.38 bits per heavy atom. The normalized spacial score (nSPS) is 15.7. The van der Waals surface area contributed by atoms with E-state index in [2.05, 4.69) is 10.3 Å². The molecule has 2 amide bonds. The summed E-state index contributed by atoms with van der Waals surface area (Å²) in [5.41, 5.74) is 1.19. The van der Waals surface area contributed by atoms with Crippen LogP contribution >= 0.6 is 11.8 Å². The van der Waals surface area contributed by atoms with Gasteiger partial charge in [-0.2, -0.15) is 0 Å². The molecule has 1 fully saturated rings. The lowest BCUT2D eigenvalue weighted by atomic mass is 10.1. The van der Waals surface area contributed by atoms with Gasteiger partial charge >= 0.3 is 0 Å². The van der Waals surface area contributed by atoms with Crippen LogP contribution in [0.15, 0.2) is 41.2 Å². The fourth-order valence-corrected chi connectivity index (χ4v) is 4.24. The Kier molecular flexibility index (Phi) is 6.04. The summed E-state index contributed by atoms with van der Waals surface area (Å²) in [6.07, 6.45) is 0.453. The number of nitrogens with one attached hydrogen (secondary N) is 1. The zero-order valence-electron chi connectivity index (χ0n) is 17.7. The summed E-state index contributed by atoms with van der Waals surface area (Å²) < 4.78 is 17.8. The lowest BCUT2D eigenvalue weighted by Gasteiger charge is -2.13. The van der Waals surface area contributed by atoms with Crippen LogP contribution in [0.25, 0.3) is 10.9 Å². The van der Waals surface area contributed by atoms with Crippen molar-refractivity contribution in [3.05, 3.63) is 58.1 Å². The van der Waals surface area contributed by atoms with E-state index in [1.54, 1.807) is 31.3 Å². The van der Waals surface area contributed by atoms with Crippen LogP contribution in [0, 0.1) is 0 Å². The molecule has 3 aromatic rings. The second kappa shape index (κ2) is 8.91. The van der Waals surface area contributed by atoms with Crippen molar-refractivity contribution in [1.82, 2.24) is 14.9 Å². The van der Waals surface area contributed by atoms with Crippen molar-refractivity contribution >= 4 is 33.8 Å². The van der Waals surface area contributed by atoms with E-state index in [-0.39, 0.29) is 23.3 Å². The van der Waals surface area contributed by atoms with Gasteiger partial charge in [0, 0.05) is 13.1 Å². The predicted octanol–water partition coefficient (Wildman–Crippen LogP) is 2.42. The third-order valence-electron chi connectivity index (χ3n) is 5.15. The van der Waals surface area contributed by atoms with Gasteiger partial charge in [0.05, 0.1) is 30.4 Å². The summed E-state index contributed by atoms with van der Waals surface area (Å²) in [4.78, 5) is 40.4. The molecule has 1 aliphatic rings. The largest absolute Gasteiger partial charge is 0.493 e. The van der Waals surface area contributed by atoms with Crippen molar-refractivity contribution in [2.24, 2.45) is 7.05 Å². The van der Waals surface area contributed by atoms with Gasteiger partial charge in [-0.15, -0.1) is 0 Å². The van der Waals surface area contributed by atoms with Gasteiger partial charge in [0.25, 0.3) is 10.8 Å². The number of hydrogen-bond acceptors (Lipinski definition) is 8. The van der Waals surface area contributed by atoms with Crippen LogP contribution in [0.1, 0.15) is 11.4 Å². The molecule has 4 rings (SSSR count). The highest BCUT2D eigenvalue weighted by Crippen LogP contribution is 2.30. The lowest BCUT2D eigenvalue weighted by molar-refractivity contribution is -0.118. The van der Waals surface area contributed by atoms with Crippen molar-refractivity contribution < 1.29 is 23.8 Å². The SMILES string of the molecule is COc1cc2nc(COc3ccc(CC4SC(=O)NC4=O)cc3)n(C)c(=O)c2cc1OC. The molecule has 2 heterocycles. The molecule has 2 aromatic carbocycles. The monoisotopic (exact) mass is 455 g/mol. The quantitative estimate of drug-likeness (QED) is 0.579. The summed E-state index contributed by atoms with van der Waals surface area (Å²) in [5.74, 6) is 1.73. The number of carbonyl (C=O) groups is 2. The van der Waals surface area contributed by atoms with E-state index in [1.807, 2.05) is 12.1 Å². The van der Waals surface area contributed by atoms with Gasteiger partial charge in [0.1, 0.15) is 18.2 Å². The fourth-order valence-electron chi connectivity index (χ4n) is 3.38. The summed E-state index contributed by atoms with van der Waals surface area (Å²) in [6, 6.07) is 10.5. The summed E-state index contributed by atoms with van der Waals surface area (Å²) in [5, 5.41) is 1.97. The number of amides is 2. The molecular formula is C22H21N3O6S. The van der Waals surface area contributed by atoms with Gasteiger partial charge < -0.3 is 14.2 Å². The third-order valence-corrected chi connectivity index (χ3v) is 6.13. The maximum Gasteiger partial charge on any atom is 0.286 e. The fraction of sp³-hybridized carbons (Fsp3) is 0.273. The summed E-state index contributed by atoms with van der Waals surface area (Å²) in [6.45, 7) is 0.0881. The summed E-state index contributed by atoms with van der Waals surface area (Å²) in [7, 11) is 4.67. The van der Waals surface area contributed by atoms with Crippen LogP contribution in [-0.2, 0) is 24.9 Å². The van der Waals surface area contributed by atoms with Gasteiger partial charge in [-0.1, -0.05) is 23.9 Å². The first-order valence-electron chi connectivity index (χ1n) is 9.74. The third kappa shape index (κ3) is 4.26. The highest BCUT2D eigenvalue weighted by molar-refractivity contribution is 8.15. The van der Waals surface area contributed by atoms with Crippen molar-refractivity contribution in [2.45, 2.75) is 18.3 Å². The van der Waals surface area contributed by atoms with Gasteiger partial charge in [-0.05, 0) is 30.2 Å². The maximum absolute atomic E-state index is 12.8. The van der Waals surface area contributed by atoms with Gasteiger partial charge in [0.15, 0.2) is 11.5 Å². The zero-order chi connectivity index (χ0) is 22.8. The number of hydrogen-bond donors (Lipinski definition) is 1. The van der Waals surface area contributed by atoms with Crippen LogP contribution in [0.4, 0.5) is 4.79 Å². The second-order valence-corrected chi connectivity index (χ2v) is 8.31. The Balaban J connectivity index is 1.50.